The van der Waals surface area contributed by atoms with Crippen LogP contribution in [0.2, 0.25) is 0 Å². The smallest absolute Gasteiger partial charge is 0.410 e. The maximum absolute atomic E-state index is 13.0. The van der Waals surface area contributed by atoms with E-state index >= 15 is 0 Å². The highest BCUT2D eigenvalue weighted by Crippen LogP contribution is 2.57. The Kier molecular flexibility index (Phi) is 7.80. The van der Waals surface area contributed by atoms with Crippen molar-refractivity contribution in [2.75, 3.05) is 37.7 Å². The molecule has 0 aromatic carbocycles. The zero-order chi connectivity index (χ0) is 31.2. The molecule has 2 spiro atoms. The Balaban J connectivity index is 1.27. The number of rotatable bonds is 3. The van der Waals surface area contributed by atoms with E-state index in [9.17, 15) is 4.79 Å². The van der Waals surface area contributed by atoms with Crippen LogP contribution in [0.15, 0.2) is 35.1 Å². The lowest BCUT2D eigenvalue weighted by atomic mass is 9.61. The van der Waals surface area contributed by atoms with Gasteiger partial charge in [-0.05, 0) is 84.4 Å². The number of hydrogen-bond acceptors (Lipinski definition) is 10. The first kappa shape index (κ1) is 30.1. The van der Waals surface area contributed by atoms with Crippen LogP contribution in [0, 0.1) is 0 Å². The van der Waals surface area contributed by atoms with E-state index in [1.807, 2.05) is 39.0 Å². The van der Waals surface area contributed by atoms with Crippen LogP contribution in [0.3, 0.4) is 0 Å². The van der Waals surface area contributed by atoms with Crippen LogP contribution in [-0.2, 0) is 26.0 Å². The molecule has 7 rings (SSSR count). The molecule has 3 aromatic rings. The van der Waals surface area contributed by atoms with Crippen molar-refractivity contribution in [3.8, 4) is 22.7 Å². The standard InChI is InChI=1S/C34H44N6O5/c1-23-22-39(31(41)44-32(2,3)4)17-8-18-40(23)30-36-26(24-10-15-35-16-11-24)21-27(37-30)28-25-9-7-13-33(29(25)38-45-28)12-5-6-14-34(33)42-19-20-43-34/h10-11,15-16,21,23H,5-9,12-14,17-20,22H2,1-4H3/t23-,33-/m0/s1. The van der Waals surface area contributed by atoms with Crippen LogP contribution in [0.5, 0.6) is 0 Å². The maximum atomic E-state index is 13.0. The molecule has 2 aliphatic carbocycles. The second kappa shape index (κ2) is 11.7. The van der Waals surface area contributed by atoms with Gasteiger partial charge in [0.2, 0.25) is 5.95 Å². The summed E-state index contributed by atoms with van der Waals surface area (Å²) in [4.78, 5) is 31.4. The lowest BCUT2D eigenvalue weighted by molar-refractivity contribution is -0.231. The van der Waals surface area contributed by atoms with Crippen molar-refractivity contribution in [3.63, 3.8) is 0 Å². The largest absolute Gasteiger partial charge is 0.444 e. The topological polar surface area (TPSA) is 116 Å². The van der Waals surface area contributed by atoms with E-state index in [1.165, 1.54) is 0 Å². The molecule has 0 bridgehead atoms. The molecule has 2 aliphatic heterocycles. The van der Waals surface area contributed by atoms with Gasteiger partial charge in [-0.2, -0.15) is 0 Å². The zero-order valence-electron chi connectivity index (χ0n) is 26.9. The molecule has 3 aromatic heterocycles. The molecule has 0 radical (unpaired) electrons. The molecule has 0 N–H and O–H groups in total. The minimum absolute atomic E-state index is 0.0359. The van der Waals surface area contributed by atoms with Crippen molar-refractivity contribution >= 4 is 12.0 Å². The van der Waals surface area contributed by atoms with Crippen LogP contribution in [-0.4, -0.2) is 81.4 Å². The first-order chi connectivity index (χ1) is 21.7. The van der Waals surface area contributed by atoms with E-state index in [1.54, 1.807) is 17.3 Å². The second-order valence-corrected chi connectivity index (χ2v) is 13.9. The molecule has 1 amide bonds. The Morgan fingerprint density at radius 3 is 2.49 bits per heavy atom. The number of amides is 1. The summed E-state index contributed by atoms with van der Waals surface area (Å²) in [7, 11) is 0. The Morgan fingerprint density at radius 1 is 0.978 bits per heavy atom. The summed E-state index contributed by atoms with van der Waals surface area (Å²) in [5, 5.41) is 4.78. The number of anilines is 1. The van der Waals surface area contributed by atoms with Gasteiger partial charge >= 0.3 is 6.09 Å². The van der Waals surface area contributed by atoms with Gasteiger partial charge in [0.25, 0.3) is 0 Å². The molecule has 3 fully saturated rings. The summed E-state index contributed by atoms with van der Waals surface area (Å²) in [6.07, 6.45) is 10.9. The lowest BCUT2D eigenvalue weighted by Gasteiger charge is -2.50. The van der Waals surface area contributed by atoms with Crippen LogP contribution < -0.4 is 4.90 Å². The van der Waals surface area contributed by atoms with Crippen molar-refractivity contribution in [2.45, 2.75) is 102 Å². The summed E-state index contributed by atoms with van der Waals surface area (Å²) in [6, 6.07) is 5.87. The number of fused-ring (bicyclic) bond motifs is 3. The lowest BCUT2D eigenvalue weighted by Crippen LogP contribution is -2.56. The molecule has 45 heavy (non-hydrogen) atoms. The molecular weight excluding hydrogens is 572 g/mol. The maximum Gasteiger partial charge on any atom is 0.410 e. The Bertz CT molecular complexity index is 1530. The van der Waals surface area contributed by atoms with E-state index in [4.69, 9.17) is 33.9 Å². The predicted molar refractivity (Wildman–Crippen MR) is 168 cm³/mol. The summed E-state index contributed by atoms with van der Waals surface area (Å²) in [6.45, 7) is 10.8. The van der Waals surface area contributed by atoms with Gasteiger partial charge in [0.1, 0.15) is 11.3 Å². The number of ether oxygens (including phenoxy) is 3. The monoisotopic (exact) mass is 616 g/mol. The number of aromatic nitrogens is 4. The van der Waals surface area contributed by atoms with Crippen molar-refractivity contribution in [2.24, 2.45) is 0 Å². The molecule has 5 heterocycles. The summed E-state index contributed by atoms with van der Waals surface area (Å²) in [5.74, 6) is 0.666. The molecule has 2 atom stereocenters. The number of carbonyl (C=O) groups excluding carboxylic acids is 1. The highest BCUT2D eigenvalue weighted by atomic mass is 16.7. The van der Waals surface area contributed by atoms with Crippen LogP contribution in [0.25, 0.3) is 22.7 Å². The number of carbonyl (C=O) groups is 1. The van der Waals surface area contributed by atoms with Gasteiger partial charge in [-0.15, -0.1) is 0 Å². The SMILES string of the molecule is C[C@H]1CN(C(=O)OC(C)(C)C)CCCN1c1nc(-c2ccncc2)cc(-c2onc3c2CCC[C@@]32CCCCC23OCCO3)n1. The van der Waals surface area contributed by atoms with Gasteiger partial charge < -0.3 is 28.5 Å². The Hall–Kier alpha value is -3.57. The molecular formula is C34H44N6O5. The molecule has 240 valence electrons. The fourth-order valence-corrected chi connectivity index (χ4v) is 7.81. The average Bonchev–Trinajstić information content (AvgIpc) is 3.64. The molecule has 11 heteroatoms. The Morgan fingerprint density at radius 2 is 1.71 bits per heavy atom. The minimum atomic E-state index is -0.630. The third kappa shape index (κ3) is 5.48. The van der Waals surface area contributed by atoms with E-state index in [-0.39, 0.29) is 17.6 Å². The van der Waals surface area contributed by atoms with E-state index in [0.717, 1.165) is 73.9 Å². The molecule has 2 saturated heterocycles. The van der Waals surface area contributed by atoms with Crippen LogP contribution >= 0.6 is 0 Å². The van der Waals surface area contributed by atoms with E-state index in [0.29, 0.717) is 50.3 Å². The first-order valence-corrected chi connectivity index (χ1v) is 16.5. The summed E-state index contributed by atoms with van der Waals surface area (Å²) in [5.41, 5.74) is 3.65. The summed E-state index contributed by atoms with van der Waals surface area (Å²) >= 11 is 0. The van der Waals surface area contributed by atoms with E-state index < -0.39 is 11.4 Å². The first-order valence-electron chi connectivity index (χ1n) is 16.5. The van der Waals surface area contributed by atoms with E-state index in [2.05, 4.69) is 16.8 Å². The fourth-order valence-electron chi connectivity index (χ4n) is 7.81. The highest BCUT2D eigenvalue weighted by Gasteiger charge is 2.61. The molecule has 1 saturated carbocycles. The summed E-state index contributed by atoms with van der Waals surface area (Å²) < 4.78 is 24.8. The van der Waals surface area contributed by atoms with Crippen molar-refractivity contribution in [3.05, 3.63) is 41.9 Å². The molecule has 11 nitrogen and oxygen atoms in total. The molecule has 4 aliphatic rings. The quantitative estimate of drug-likeness (QED) is 0.351. The minimum Gasteiger partial charge on any atom is -0.444 e. The van der Waals surface area contributed by atoms with Gasteiger partial charge in [0, 0.05) is 55.6 Å². The zero-order valence-corrected chi connectivity index (χ0v) is 26.9. The number of pyridine rings is 1. The number of nitrogens with zero attached hydrogens (tertiary/aromatic N) is 6. The second-order valence-electron chi connectivity index (χ2n) is 13.9. The molecule has 0 unspecified atom stereocenters. The van der Waals surface area contributed by atoms with Crippen molar-refractivity contribution in [1.29, 1.82) is 0 Å². The van der Waals surface area contributed by atoms with Gasteiger partial charge in [0.15, 0.2) is 11.5 Å². The third-order valence-corrected chi connectivity index (χ3v) is 9.79. The van der Waals surface area contributed by atoms with Crippen molar-refractivity contribution < 1.29 is 23.5 Å². The number of hydrogen-bond donors (Lipinski definition) is 0. The van der Waals surface area contributed by atoms with Crippen LogP contribution in [0.1, 0.15) is 83.9 Å². The average molecular weight is 617 g/mol. The predicted octanol–water partition coefficient (Wildman–Crippen LogP) is 5.92. The van der Waals surface area contributed by atoms with Gasteiger partial charge in [0.05, 0.1) is 30.0 Å². The van der Waals surface area contributed by atoms with Gasteiger partial charge in [-0.1, -0.05) is 11.6 Å². The normalized spacial score (nSPS) is 24.9. The van der Waals surface area contributed by atoms with Crippen LogP contribution in [0.4, 0.5) is 10.7 Å². The van der Waals surface area contributed by atoms with Crippen molar-refractivity contribution in [1.82, 2.24) is 25.0 Å². The third-order valence-electron chi connectivity index (χ3n) is 9.79. The van der Waals surface area contributed by atoms with Gasteiger partial charge in [-0.3, -0.25) is 4.98 Å². The highest BCUT2D eigenvalue weighted by molar-refractivity contribution is 5.70. The fraction of sp³-hybridized carbons (Fsp3) is 0.618. The van der Waals surface area contributed by atoms with Gasteiger partial charge in [-0.25, -0.2) is 14.8 Å². The Labute approximate surface area is 264 Å².